The zero-order valence-electron chi connectivity index (χ0n) is 15.2. The van der Waals surface area contributed by atoms with Crippen LogP contribution in [-0.4, -0.2) is 74.0 Å². The van der Waals surface area contributed by atoms with Crippen molar-refractivity contribution in [2.45, 2.75) is 39.5 Å². The molecule has 140 valence electrons. The molecule has 2 saturated heterocycles. The Kier molecular flexibility index (Phi) is 10.6. The minimum atomic E-state index is 0. The molecule has 0 bridgehead atoms. The Labute approximate surface area is 163 Å². The van der Waals surface area contributed by atoms with Crippen LogP contribution in [0.1, 0.15) is 39.5 Å². The SMILES string of the molecule is CCNC(=NCC(=O)N1CCCC1)NCC1CCCN(CC)C1.I. The van der Waals surface area contributed by atoms with Crippen LogP contribution in [0, 0.1) is 5.92 Å². The van der Waals surface area contributed by atoms with E-state index in [0.29, 0.717) is 5.92 Å². The van der Waals surface area contributed by atoms with Crippen LogP contribution in [0.2, 0.25) is 0 Å². The van der Waals surface area contributed by atoms with E-state index in [4.69, 9.17) is 0 Å². The quantitative estimate of drug-likeness (QED) is 0.365. The fourth-order valence-corrected chi connectivity index (χ4v) is 3.40. The van der Waals surface area contributed by atoms with Gasteiger partial charge in [0.15, 0.2) is 5.96 Å². The highest BCUT2D eigenvalue weighted by molar-refractivity contribution is 14.0. The molecule has 1 atom stereocenters. The van der Waals surface area contributed by atoms with Crippen molar-refractivity contribution in [2.24, 2.45) is 10.9 Å². The Hall–Kier alpha value is -0.570. The molecule has 7 heteroatoms. The molecular weight excluding hydrogens is 417 g/mol. The minimum absolute atomic E-state index is 0. The Bertz CT molecular complexity index is 398. The molecule has 2 heterocycles. The number of nitrogens with zero attached hydrogens (tertiary/aromatic N) is 3. The first-order valence-electron chi connectivity index (χ1n) is 9.25. The first-order chi connectivity index (χ1) is 11.2. The van der Waals surface area contributed by atoms with Crippen molar-refractivity contribution < 1.29 is 4.79 Å². The fourth-order valence-electron chi connectivity index (χ4n) is 3.40. The number of likely N-dealkylation sites (tertiary alicyclic amines) is 2. The number of halogens is 1. The van der Waals surface area contributed by atoms with Crippen LogP contribution >= 0.6 is 24.0 Å². The number of nitrogens with one attached hydrogen (secondary N) is 2. The zero-order chi connectivity index (χ0) is 16.5. The predicted octanol–water partition coefficient (Wildman–Crippen LogP) is 1.51. The molecule has 0 radical (unpaired) electrons. The second-order valence-electron chi connectivity index (χ2n) is 6.57. The average Bonchev–Trinajstić information content (AvgIpc) is 3.12. The van der Waals surface area contributed by atoms with Crippen LogP contribution in [0.5, 0.6) is 0 Å². The van der Waals surface area contributed by atoms with Crippen molar-refractivity contribution in [1.29, 1.82) is 0 Å². The fraction of sp³-hybridized carbons (Fsp3) is 0.882. The van der Waals surface area contributed by atoms with Gasteiger partial charge < -0.3 is 20.4 Å². The molecule has 0 aromatic heterocycles. The van der Waals surface area contributed by atoms with Crippen LogP contribution in [0.15, 0.2) is 4.99 Å². The van der Waals surface area contributed by atoms with E-state index in [-0.39, 0.29) is 36.4 Å². The third kappa shape index (κ3) is 7.13. The van der Waals surface area contributed by atoms with Crippen LogP contribution < -0.4 is 10.6 Å². The highest BCUT2D eigenvalue weighted by Gasteiger charge is 2.19. The number of carbonyl (C=O) groups is 1. The third-order valence-corrected chi connectivity index (χ3v) is 4.78. The topological polar surface area (TPSA) is 60.0 Å². The van der Waals surface area contributed by atoms with Crippen molar-refractivity contribution in [3.8, 4) is 0 Å². The number of amides is 1. The first-order valence-corrected chi connectivity index (χ1v) is 9.25. The van der Waals surface area contributed by atoms with E-state index >= 15 is 0 Å². The molecule has 1 amide bonds. The van der Waals surface area contributed by atoms with Gasteiger partial charge in [0.1, 0.15) is 6.54 Å². The summed E-state index contributed by atoms with van der Waals surface area (Å²) in [6.07, 6.45) is 4.81. The van der Waals surface area contributed by atoms with Gasteiger partial charge >= 0.3 is 0 Å². The third-order valence-electron chi connectivity index (χ3n) is 4.78. The van der Waals surface area contributed by atoms with Gasteiger partial charge in [-0.25, -0.2) is 4.99 Å². The summed E-state index contributed by atoms with van der Waals surface area (Å²) in [6.45, 7) is 11.6. The van der Waals surface area contributed by atoms with Gasteiger partial charge in [0.25, 0.3) is 0 Å². The van der Waals surface area contributed by atoms with E-state index in [1.807, 2.05) is 4.90 Å². The van der Waals surface area contributed by atoms with Gasteiger partial charge in [-0.15, -0.1) is 24.0 Å². The highest BCUT2D eigenvalue weighted by Crippen LogP contribution is 2.15. The Balaban J connectivity index is 0.00000288. The van der Waals surface area contributed by atoms with E-state index in [1.165, 1.54) is 19.4 Å². The predicted molar refractivity (Wildman–Crippen MR) is 110 cm³/mol. The molecule has 24 heavy (non-hydrogen) atoms. The summed E-state index contributed by atoms with van der Waals surface area (Å²) in [5.41, 5.74) is 0. The molecule has 0 aromatic rings. The van der Waals surface area contributed by atoms with E-state index in [2.05, 4.69) is 34.4 Å². The molecule has 2 aliphatic heterocycles. The summed E-state index contributed by atoms with van der Waals surface area (Å²) in [6, 6.07) is 0. The molecule has 2 rings (SSSR count). The van der Waals surface area contributed by atoms with Crippen molar-refractivity contribution in [1.82, 2.24) is 20.4 Å². The summed E-state index contributed by atoms with van der Waals surface area (Å²) >= 11 is 0. The number of hydrogen-bond acceptors (Lipinski definition) is 3. The Morgan fingerprint density at radius 1 is 1.12 bits per heavy atom. The van der Waals surface area contributed by atoms with Gasteiger partial charge in [0, 0.05) is 32.7 Å². The number of guanidine groups is 1. The molecule has 6 nitrogen and oxygen atoms in total. The van der Waals surface area contributed by atoms with E-state index < -0.39 is 0 Å². The monoisotopic (exact) mass is 451 g/mol. The molecule has 0 aromatic carbocycles. The normalized spacial score (nSPS) is 22.2. The second kappa shape index (κ2) is 11.9. The number of piperidine rings is 1. The largest absolute Gasteiger partial charge is 0.357 e. The maximum atomic E-state index is 12.1. The maximum Gasteiger partial charge on any atom is 0.244 e. The summed E-state index contributed by atoms with van der Waals surface area (Å²) in [4.78, 5) is 21.0. The van der Waals surface area contributed by atoms with Gasteiger partial charge in [-0.2, -0.15) is 0 Å². The number of rotatable bonds is 6. The first kappa shape index (κ1) is 21.5. The summed E-state index contributed by atoms with van der Waals surface area (Å²) in [5.74, 6) is 1.59. The number of carbonyl (C=O) groups excluding carboxylic acids is 1. The molecular formula is C17H34IN5O. The van der Waals surface area contributed by atoms with Crippen molar-refractivity contribution in [2.75, 3.05) is 52.4 Å². The molecule has 0 saturated carbocycles. The molecule has 2 aliphatic rings. The Morgan fingerprint density at radius 3 is 2.54 bits per heavy atom. The minimum Gasteiger partial charge on any atom is -0.357 e. The summed E-state index contributed by atoms with van der Waals surface area (Å²) in [7, 11) is 0. The molecule has 2 fully saturated rings. The lowest BCUT2D eigenvalue weighted by Crippen LogP contribution is -2.44. The van der Waals surface area contributed by atoms with Gasteiger partial charge in [-0.05, 0) is 51.6 Å². The van der Waals surface area contributed by atoms with E-state index in [0.717, 1.165) is 58.1 Å². The van der Waals surface area contributed by atoms with Crippen LogP contribution in [0.3, 0.4) is 0 Å². The van der Waals surface area contributed by atoms with Crippen LogP contribution in [-0.2, 0) is 4.79 Å². The smallest absolute Gasteiger partial charge is 0.244 e. The second-order valence-corrected chi connectivity index (χ2v) is 6.57. The van der Waals surface area contributed by atoms with Gasteiger partial charge in [-0.1, -0.05) is 6.92 Å². The zero-order valence-corrected chi connectivity index (χ0v) is 17.6. The standard InChI is InChI=1S/C17H33N5O.HI/c1-3-18-17(20-13-16(23)22-10-5-6-11-22)19-12-15-8-7-9-21(4-2)14-15;/h15H,3-14H2,1-2H3,(H2,18,19,20);1H. The molecule has 0 aliphatic carbocycles. The van der Waals surface area contributed by atoms with Crippen LogP contribution in [0.4, 0.5) is 0 Å². The van der Waals surface area contributed by atoms with Crippen molar-refractivity contribution >= 4 is 35.8 Å². The van der Waals surface area contributed by atoms with Crippen molar-refractivity contribution in [3.63, 3.8) is 0 Å². The molecule has 1 unspecified atom stereocenters. The summed E-state index contributed by atoms with van der Waals surface area (Å²) in [5, 5.41) is 6.67. The number of hydrogen-bond donors (Lipinski definition) is 2. The van der Waals surface area contributed by atoms with E-state index in [9.17, 15) is 4.79 Å². The van der Waals surface area contributed by atoms with Gasteiger partial charge in [0.05, 0.1) is 0 Å². The highest BCUT2D eigenvalue weighted by atomic mass is 127. The molecule has 2 N–H and O–H groups in total. The number of aliphatic imine (C=N–C) groups is 1. The lowest BCUT2D eigenvalue weighted by atomic mass is 9.98. The van der Waals surface area contributed by atoms with Crippen LogP contribution in [0.25, 0.3) is 0 Å². The lowest BCUT2D eigenvalue weighted by Gasteiger charge is -2.32. The van der Waals surface area contributed by atoms with Crippen molar-refractivity contribution in [3.05, 3.63) is 0 Å². The summed E-state index contributed by atoms with van der Waals surface area (Å²) < 4.78 is 0. The lowest BCUT2D eigenvalue weighted by molar-refractivity contribution is -0.128. The maximum absolute atomic E-state index is 12.1. The van der Waals surface area contributed by atoms with Gasteiger partial charge in [0.2, 0.25) is 5.91 Å². The average molecular weight is 451 g/mol. The van der Waals surface area contributed by atoms with E-state index in [1.54, 1.807) is 0 Å². The molecule has 0 spiro atoms. The Morgan fingerprint density at radius 2 is 1.88 bits per heavy atom. The van der Waals surface area contributed by atoms with Gasteiger partial charge in [-0.3, -0.25) is 4.79 Å².